The Hall–Kier alpha value is -2.78. The van der Waals surface area contributed by atoms with E-state index < -0.39 is 27.7 Å². The third-order valence-electron chi connectivity index (χ3n) is 3.28. The van der Waals surface area contributed by atoms with Crippen molar-refractivity contribution < 1.29 is 22.4 Å². The van der Waals surface area contributed by atoms with Crippen LogP contribution >= 0.6 is 0 Å². The summed E-state index contributed by atoms with van der Waals surface area (Å²) >= 11 is 0. The second-order valence-corrected chi connectivity index (χ2v) is 7.36. The van der Waals surface area contributed by atoms with Gasteiger partial charge in [0.25, 0.3) is 11.8 Å². The van der Waals surface area contributed by atoms with Crippen molar-refractivity contribution in [3.63, 3.8) is 0 Å². The van der Waals surface area contributed by atoms with E-state index in [9.17, 15) is 22.4 Å². The number of rotatable bonds is 4. The summed E-state index contributed by atoms with van der Waals surface area (Å²) in [5.41, 5.74) is 3.99. The van der Waals surface area contributed by atoms with Crippen molar-refractivity contribution in [2.75, 3.05) is 14.1 Å². The van der Waals surface area contributed by atoms with E-state index in [2.05, 4.69) is 10.9 Å². The van der Waals surface area contributed by atoms with Gasteiger partial charge in [-0.25, -0.2) is 17.1 Å². The van der Waals surface area contributed by atoms with E-state index in [1.807, 2.05) is 0 Å². The van der Waals surface area contributed by atoms with Gasteiger partial charge in [0.05, 0.1) is 10.5 Å². The number of amides is 2. The van der Waals surface area contributed by atoms with Crippen molar-refractivity contribution >= 4 is 21.8 Å². The third-order valence-corrected chi connectivity index (χ3v) is 5.09. The first-order chi connectivity index (χ1) is 11.7. The Morgan fingerprint density at radius 2 is 1.60 bits per heavy atom. The molecule has 0 heterocycles. The van der Waals surface area contributed by atoms with Gasteiger partial charge in [-0.1, -0.05) is 18.2 Å². The molecular formula is C16H16FN3O4S. The minimum Gasteiger partial charge on any atom is -0.267 e. The third kappa shape index (κ3) is 4.20. The van der Waals surface area contributed by atoms with Gasteiger partial charge >= 0.3 is 0 Å². The standard InChI is InChI=1S/C16H16FN3O4S/c1-20(2)25(23,24)12-7-5-6-11(10-12)15(21)18-19-16(22)13-8-3-4-9-14(13)17/h3-10H,1-2H3,(H,18,21)(H,19,22). The average molecular weight is 365 g/mol. The summed E-state index contributed by atoms with van der Waals surface area (Å²) < 4.78 is 38.7. The van der Waals surface area contributed by atoms with Crippen molar-refractivity contribution in [1.82, 2.24) is 15.2 Å². The molecule has 0 fully saturated rings. The lowest BCUT2D eigenvalue weighted by Gasteiger charge is -2.12. The Kier molecular flexibility index (Phi) is 5.50. The van der Waals surface area contributed by atoms with E-state index in [4.69, 9.17) is 0 Å². The maximum atomic E-state index is 13.5. The molecule has 0 spiro atoms. The monoisotopic (exact) mass is 365 g/mol. The fourth-order valence-electron chi connectivity index (χ4n) is 1.91. The number of benzene rings is 2. The summed E-state index contributed by atoms with van der Waals surface area (Å²) in [4.78, 5) is 23.9. The fraction of sp³-hybridized carbons (Fsp3) is 0.125. The number of carbonyl (C=O) groups is 2. The first kappa shape index (κ1) is 18.6. The van der Waals surface area contributed by atoms with Gasteiger partial charge in [-0.3, -0.25) is 20.4 Å². The van der Waals surface area contributed by atoms with Crippen LogP contribution in [-0.4, -0.2) is 38.6 Å². The molecule has 0 aliphatic heterocycles. The molecule has 25 heavy (non-hydrogen) atoms. The molecule has 2 aromatic carbocycles. The predicted octanol–water partition coefficient (Wildman–Crippen LogP) is 1.15. The van der Waals surface area contributed by atoms with Gasteiger partial charge in [0, 0.05) is 19.7 Å². The summed E-state index contributed by atoms with van der Waals surface area (Å²) in [5.74, 6) is -2.29. The summed E-state index contributed by atoms with van der Waals surface area (Å²) in [7, 11) is -0.953. The maximum Gasteiger partial charge on any atom is 0.272 e. The second kappa shape index (κ2) is 7.41. The highest BCUT2D eigenvalue weighted by Crippen LogP contribution is 2.14. The summed E-state index contributed by atoms with van der Waals surface area (Å²) in [6, 6.07) is 10.6. The van der Waals surface area contributed by atoms with Crippen LogP contribution in [0.15, 0.2) is 53.4 Å². The van der Waals surface area contributed by atoms with Crippen LogP contribution in [-0.2, 0) is 10.0 Å². The van der Waals surface area contributed by atoms with E-state index in [1.54, 1.807) is 0 Å². The number of nitrogens with zero attached hydrogens (tertiary/aromatic N) is 1. The van der Waals surface area contributed by atoms with Crippen LogP contribution in [0.4, 0.5) is 4.39 Å². The number of carbonyl (C=O) groups excluding carboxylic acids is 2. The molecule has 2 N–H and O–H groups in total. The van der Waals surface area contributed by atoms with Crippen LogP contribution in [0, 0.1) is 5.82 Å². The Bertz CT molecular complexity index is 913. The Morgan fingerprint density at radius 1 is 0.960 bits per heavy atom. The van der Waals surface area contributed by atoms with Crippen LogP contribution in [0.2, 0.25) is 0 Å². The largest absolute Gasteiger partial charge is 0.272 e. The first-order valence-electron chi connectivity index (χ1n) is 7.11. The molecule has 0 bridgehead atoms. The minimum absolute atomic E-state index is 0.0248. The molecule has 0 atom stereocenters. The molecule has 0 aromatic heterocycles. The number of nitrogens with one attached hydrogen (secondary N) is 2. The summed E-state index contributed by atoms with van der Waals surface area (Å²) in [5, 5.41) is 0. The second-order valence-electron chi connectivity index (χ2n) is 5.20. The molecule has 0 radical (unpaired) electrons. The SMILES string of the molecule is CN(C)S(=O)(=O)c1cccc(C(=O)NNC(=O)c2ccccc2F)c1. The van der Waals surface area contributed by atoms with Crippen molar-refractivity contribution in [2.24, 2.45) is 0 Å². The van der Waals surface area contributed by atoms with Gasteiger partial charge in [0.2, 0.25) is 10.0 Å². The molecule has 2 rings (SSSR count). The zero-order valence-corrected chi connectivity index (χ0v) is 14.3. The fourth-order valence-corrected chi connectivity index (χ4v) is 2.86. The number of sulfonamides is 1. The zero-order valence-electron chi connectivity index (χ0n) is 13.5. The molecule has 0 unspecified atom stereocenters. The van der Waals surface area contributed by atoms with Crippen LogP contribution in [0.25, 0.3) is 0 Å². The molecule has 2 amide bonds. The zero-order chi connectivity index (χ0) is 18.6. The van der Waals surface area contributed by atoms with Crippen molar-refractivity contribution in [3.05, 3.63) is 65.5 Å². The molecule has 0 aliphatic rings. The van der Waals surface area contributed by atoms with Gasteiger partial charge in [-0.05, 0) is 30.3 Å². The van der Waals surface area contributed by atoms with Gasteiger partial charge in [0.15, 0.2) is 0 Å². The Morgan fingerprint density at radius 3 is 2.24 bits per heavy atom. The summed E-state index contributed by atoms with van der Waals surface area (Å²) in [6.07, 6.45) is 0. The van der Waals surface area contributed by atoms with Crippen LogP contribution in [0.1, 0.15) is 20.7 Å². The molecule has 0 saturated heterocycles. The molecule has 9 heteroatoms. The number of hydrazine groups is 1. The summed E-state index contributed by atoms with van der Waals surface area (Å²) in [6.45, 7) is 0. The van der Waals surface area contributed by atoms with Crippen molar-refractivity contribution in [1.29, 1.82) is 0 Å². The quantitative estimate of drug-likeness (QED) is 0.795. The Labute approximate surface area is 144 Å². The molecule has 0 aliphatic carbocycles. The van der Waals surface area contributed by atoms with Crippen LogP contribution < -0.4 is 10.9 Å². The first-order valence-corrected chi connectivity index (χ1v) is 8.55. The highest BCUT2D eigenvalue weighted by Gasteiger charge is 2.19. The molecule has 132 valence electrons. The van der Waals surface area contributed by atoms with Gasteiger partial charge in [-0.2, -0.15) is 0 Å². The van der Waals surface area contributed by atoms with E-state index in [-0.39, 0.29) is 16.0 Å². The van der Waals surface area contributed by atoms with Gasteiger partial charge in [0.1, 0.15) is 5.82 Å². The van der Waals surface area contributed by atoms with Crippen molar-refractivity contribution in [2.45, 2.75) is 4.90 Å². The average Bonchev–Trinajstić information content (AvgIpc) is 2.59. The lowest BCUT2D eigenvalue weighted by molar-refractivity contribution is 0.0844. The number of hydrogen-bond donors (Lipinski definition) is 2. The van der Waals surface area contributed by atoms with Crippen molar-refractivity contribution in [3.8, 4) is 0 Å². The number of halogens is 1. The van der Waals surface area contributed by atoms with E-state index in [0.717, 1.165) is 10.4 Å². The van der Waals surface area contributed by atoms with E-state index >= 15 is 0 Å². The van der Waals surface area contributed by atoms with Gasteiger partial charge in [-0.15, -0.1) is 0 Å². The van der Waals surface area contributed by atoms with Crippen LogP contribution in [0.5, 0.6) is 0 Å². The molecular weight excluding hydrogens is 349 g/mol. The maximum absolute atomic E-state index is 13.5. The molecule has 7 nitrogen and oxygen atoms in total. The minimum atomic E-state index is -3.70. The predicted molar refractivity (Wildman–Crippen MR) is 88.6 cm³/mol. The number of hydrogen-bond acceptors (Lipinski definition) is 4. The molecule has 2 aromatic rings. The smallest absolute Gasteiger partial charge is 0.267 e. The van der Waals surface area contributed by atoms with E-state index in [1.165, 1.54) is 56.6 Å². The topological polar surface area (TPSA) is 95.6 Å². The Balaban J connectivity index is 2.12. The highest BCUT2D eigenvalue weighted by atomic mass is 32.2. The van der Waals surface area contributed by atoms with E-state index in [0.29, 0.717) is 0 Å². The lowest BCUT2D eigenvalue weighted by atomic mass is 10.2. The van der Waals surface area contributed by atoms with Crippen LogP contribution in [0.3, 0.4) is 0 Å². The highest BCUT2D eigenvalue weighted by molar-refractivity contribution is 7.89. The molecule has 0 saturated carbocycles. The normalized spacial score (nSPS) is 11.2. The lowest BCUT2D eigenvalue weighted by Crippen LogP contribution is -2.42. The van der Waals surface area contributed by atoms with Gasteiger partial charge < -0.3 is 0 Å².